The summed E-state index contributed by atoms with van der Waals surface area (Å²) in [5.41, 5.74) is 1.71. The van der Waals surface area contributed by atoms with E-state index in [4.69, 9.17) is 0 Å². The number of anilines is 2. The summed E-state index contributed by atoms with van der Waals surface area (Å²) in [5.74, 6) is -0.301. The minimum absolute atomic E-state index is 0.0486. The number of amides is 2. The summed E-state index contributed by atoms with van der Waals surface area (Å²) >= 11 is 0. The second kappa shape index (κ2) is 9.82. The Labute approximate surface area is 202 Å². The summed E-state index contributed by atoms with van der Waals surface area (Å²) in [6.07, 6.45) is -3.56. The van der Waals surface area contributed by atoms with Crippen LogP contribution in [0.15, 0.2) is 72.8 Å². The summed E-state index contributed by atoms with van der Waals surface area (Å²) in [6.45, 7) is 3.17. The van der Waals surface area contributed by atoms with E-state index >= 15 is 0 Å². The first kappa shape index (κ1) is 24.3. The molecule has 2 amide bonds. The van der Waals surface area contributed by atoms with Crippen LogP contribution in [0.25, 0.3) is 11.1 Å². The maximum atomic E-state index is 13.3. The number of likely N-dealkylation sites (N-methyl/N-ethyl adjacent to an activating group) is 1. The number of benzene rings is 3. The van der Waals surface area contributed by atoms with Gasteiger partial charge in [-0.3, -0.25) is 9.59 Å². The van der Waals surface area contributed by atoms with Gasteiger partial charge in [-0.15, -0.1) is 0 Å². The minimum atomic E-state index is -4.46. The van der Waals surface area contributed by atoms with E-state index in [1.807, 2.05) is 31.3 Å². The summed E-state index contributed by atoms with van der Waals surface area (Å²) in [5, 5.41) is 2.82. The van der Waals surface area contributed by atoms with Crippen LogP contribution in [0.4, 0.5) is 24.5 Å². The third-order valence-corrected chi connectivity index (χ3v) is 6.39. The molecule has 5 nitrogen and oxygen atoms in total. The number of carbonyl (C=O) groups excluding carboxylic acids is 2. The van der Waals surface area contributed by atoms with Crippen molar-refractivity contribution >= 4 is 23.2 Å². The molecule has 1 unspecified atom stereocenters. The highest BCUT2D eigenvalue weighted by molar-refractivity contribution is 6.04. The van der Waals surface area contributed by atoms with Crippen LogP contribution in [-0.4, -0.2) is 42.9 Å². The molecule has 3 aromatic carbocycles. The molecule has 0 radical (unpaired) electrons. The van der Waals surface area contributed by atoms with E-state index in [0.29, 0.717) is 16.8 Å². The number of rotatable bonds is 5. The van der Waals surface area contributed by atoms with Gasteiger partial charge in [-0.25, -0.2) is 0 Å². The van der Waals surface area contributed by atoms with Gasteiger partial charge < -0.3 is 15.1 Å². The summed E-state index contributed by atoms with van der Waals surface area (Å²) in [6, 6.07) is 19.1. The Morgan fingerprint density at radius 2 is 1.63 bits per heavy atom. The average molecular weight is 482 g/mol. The monoisotopic (exact) mass is 481 g/mol. The molecule has 182 valence electrons. The Hall–Kier alpha value is -3.81. The summed E-state index contributed by atoms with van der Waals surface area (Å²) in [7, 11) is 1.82. The van der Waals surface area contributed by atoms with Crippen molar-refractivity contribution in [3.63, 3.8) is 0 Å². The number of nitrogens with one attached hydrogen (secondary N) is 1. The highest BCUT2D eigenvalue weighted by Gasteiger charge is 2.33. The highest BCUT2D eigenvalue weighted by Crippen LogP contribution is 2.37. The van der Waals surface area contributed by atoms with Crippen molar-refractivity contribution in [2.24, 2.45) is 0 Å². The Morgan fingerprint density at radius 3 is 2.26 bits per heavy atom. The lowest BCUT2D eigenvalue weighted by molar-refractivity contribution is -0.137. The molecule has 0 aliphatic carbocycles. The fraction of sp³-hybridized carbons (Fsp3) is 0.259. The third kappa shape index (κ3) is 5.48. The largest absolute Gasteiger partial charge is 0.417 e. The predicted molar refractivity (Wildman–Crippen MR) is 130 cm³/mol. The van der Waals surface area contributed by atoms with Crippen LogP contribution in [0.5, 0.6) is 0 Å². The van der Waals surface area contributed by atoms with Gasteiger partial charge in [0.25, 0.3) is 5.91 Å². The highest BCUT2D eigenvalue weighted by atomic mass is 19.4. The van der Waals surface area contributed by atoms with Crippen molar-refractivity contribution in [2.45, 2.75) is 25.6 Å². The third-order valence-electron chi connectivity index (χ3n) is 6.39. The van der Waals surface area contributed by atoms with Gasteiger partial charge in [-0.05, 0) is 60.0 Å². The average Bonchev–Trinajstić information content (AvgIpc) is 3.34. The first-order valence-corrected chi connectivity index (χ1v) is 11.3. The van der Waals surface area contributed by atoms with Gasteiger partial charge in [0.1, 0.15) is 0 Å². The molecule has 1 N–H and O–H groups in total. The van der Waals surface area contributed by atoms with Gasteiger partial charge in [0.15, 0.2) is 0 Å². The second-order valence-corrected chi connectivity index (χ2v) is 8.64. The van der Waals surface area contributed by atoms with E-state index in [1.54, 1.807) is 17.9 Å². The van der Waals surface area contributed by atoms with Crippen LogP contribution in [0.3, 0.4) is 0 Å². The van der Waals surface area contributed by atoms with E-state index < -0.39 is 11.7 Å². The van der Waals surface area contributed by atoms with Crippen molar-refractivity contribution in [3.05, 3.63) is 83.9 Å². The van der Waals surface area contributed by atoms with Crippen LogP contribution < -0.4 is 10.2 Å². The SMILES string of the molecule is CC(=O)N(C)C1CCN(c2ccc(NC(=O)c3ccc(-c4ccccc4C(F)(F)F)cc3)cc2)C1. The molecule has 1 atom stereocenters. The Morgan fingerprint density at radius 1 is 0.971 bits per heavy atom. The van der Waals surface area contributed by atoms with Gasteiger partial charge >= 0.3 is 6.18 Å². The fourth-order valence-corrected chi connectivity index (χ4v) is 4.29. The zero-order chi connectivity index (χ0) is 25.2. The second-order valence-electron chi connectivity index (χ2n) is 8.64. The van der Waals surface area contributed by atoms with Gasteiger partial charge in [-0.2, -0.15) is 13.2 Å². The smallest absolute Gasteiger partial charge is 0.369 e. The van der Waals surface area contributed by atoms with E-state index in [1.165, 1.54) is 36.4 Å². The Bertz CT molecular complexity index is 1210. The molecular formula is C27H26F3N3O2. The summed E-state index contributed by atoms with van der Waals surface area (Å²) in [4.78, 5) is 28.2. The lowest BCUT2D eigenvalue weighted by Gasteiger charge is -2.24. The van der Waals surface area contributed by atoms with Gasteiger partial charge in [0.05, 0.1) is 11.6 Å². The maximum absolute atomic E-state index is 13.3. The quantitative estimate of drug-likeness (QED) is 0.510. The molecule has 1 aliphatic rings. The Balaban J connectivity index is 1.41. The molecule has 0 bridgehead atoms. The molecule has 4 rings (SSSR count). The fourth-order valence-electron chi connectivity index (χ4n) is 4.29. The molecular weight excluding hydrogens is 455 g/mol. The number of nitrogens with zero attached hydrogens (tertiary/aromatic N) is 2. The van der Waals surface area contributed by atoms with Gasteiger partial charge in [0, 0.05) is 44.0 Å². The van der Waals surface area contributed by atoms with Crippen molar-refractivity contribution in [3.8, 4) is 11.1 Å². The number of carbonyl (C=O) groups is 2. The molecule has 0 aromatic heterocycles. The zero-order valence-corrected chi connectivity index (χ0v) is 19.5. The van der Waals surface area contributed by atoms with Crippen LogP contribution in [0.1, 0.15) is 29.3 Å². The molecule has 1 aliphatic heterocycles. The van der Waals surface area contributed by atoms with Crippen LogP contribution >= 0.6 is 0 Å². The van der Waals surface area contributed by atoms with E-state index in [0.717, 1.165) is 31.3 Å². The number of hydrogen-bond acceptors (Lipinski definition) is 3. The molecule has 1 saturated heterocycles. The van der Waals surface area contributed by atoms with Crippen molar-refractivity contribution in [1.29, 1.82) is 0 Å². The van der Waals surface area contributed by atoms with E-state index in [-0.39, 0.29) is 23.4 Å². The minimum Gasteiger partial charge on any atom is -0.369 e. The molecule has 0 saturated carbocycles. The van der Waals surface area contributed by atoms with Crippen molar-refractivity contribution in [2.75, 3.05) is 30.4 Å². The van der Waals surface area contributed by atoms with Crippen LogP contribution in [0, 0.1) is 0 Å². The molecule has 1 fully saturated rings. The number of alkyl halides is 3. The first-order chi connectivity index (χ1) is 16.6. The van der Waals surface area contributed by atoms with Crippen LogP contribution in [0.2, 0.25) is 0 Å². The Kier molecular flexibility index (Phi) is 6.82. The lowest BCUT2D eigenvalue weighted by Crippen LogP contribution is -2.37. The first-order valence-electron chi connectivity index (χ1n) is 11.3. The van der Waals surface area contributed by atoms with Crippen LogP contribution in [-0.2, 0) is 11.0 Å². The standard InChI is InChI=1S/C27H26F3N3O2/c1-18(34)32(2)23-15-16-33(17-23)22-13-11-21(12-14-22)31-26(35)20-9-7-19(8-10-20)24-5-3-4-6-25(24)27(28,29)30/h3-14,23H,15-17H2,1-2H3,(H,31,35). The van der Waals surface area contributed by atoms with Crippen molar-refractivity contribution in [1.82, 2.24) is 4.90 Å². The molecule has 1 heterocycles. The molecule has 3 aromatic rings. The normalized spacial score (nSPS) is 15.7. The van der Waals surface area contributed by atoms with E-state index in [2.05, 4.69) is 10.2 Å². The number of halogens is 3. The maximum Gasteiger partial charge on any atom is 0.417 e. The van der Waals surface area contributed by atoms with E-state index in [9.17, 15) is 22.8 Å². The molecule has 0 spiro atoms. The van der Waals surface area contributed by atoms with Gasteiger partial charge in [0.2, 0.25) is 5.91 Å². The predicted octanol–water partition coefficient (Wildman–Crippen LogP) is 5.68. The topological polar surface area (TPSA) is 52.7 Å². The molecule has 8 heteroatoms. The summed E-state index contributed by atoms with van der Waals surface area (Å²) < 4.78 is 39.9. The molecule has 35 heavy (non-hydrogen) atoms. The number of hydrogen-bond donors (Lipinski definition) is 1. The zero-order valence-electron chi connectivity index (χ0n) is 19.5. The lowest BCUT2D eigenvalue weighted by atomic mass is 9.98. The van der Waals surface area contributed by atoms with Crippen molar-refractivity contribution < 1.29 is 22.8 Å². The van der Waals surface area contributed by atoms with Gasteiger partial charge in [-0.1, -0.05) is 30.3 Å².